The Labute approximate surface area is 157 Å². The molecular weight excluding hydrogens is 328 g/mol. The lowest BCUT2D eigenvalue weighted by molar-refractivity contribution is 0.0603. The highest BCUT2D eigenvalue weighted by Crippen LogP contribution is 2.31. The molecule has 1 atom stereocenters. The Balaban J connectivity index is 1.67. The fourth-order valence-electron chi connectivity index (χ4n) is 4.37. The van der Waals surface area contributed by atoms with Crippen molar-refractivity contribution in [3.63, 3.8) is 0 Å². The van der Waals surface area contributed by atoms with Crippen molar-refractivity contribution in [1.29, 1.82) is 0 Å². The van der Waals surface area contributed by atoms with Gasteiger partial charge in [0, 0.05) is 24.6 Å². The van der Waals surface area contributed by atoms with Gasteiger partial charge in [-0.25, -0.2) is 0 Å². The fourth-order valence-corrected chi connectivity index (χ4v) is 4.37. The number of Topliss-reactive ketones (excluding diaryl/α,β-unsaturated/α-hetero) is 1. The molecule has 0 radical (unpaired) electrons. The third-order valence-corrected chi connectivity index (χ3v) is 6.02. The molecule has 5 heteroatoms. The molecule has 2 heterocycles. The molecule has 26 heavy (non-hydrogen) atoms. The number of rotatable bonds is 6. The van der Waals surface area contributed by atoms with Gasteiger partial charge in [-0.1, -0.05) is 6.92 Å². The maximum absolute atomic E-state index is 13.2. The van der Waals surface area contributed by atoms with Crippen molar-refractivity contribution < 1.29 is 14.3 Å². The minimum Gasteiger partial charge on any atom is -0.497 e. The van der Waals surface area contributed by atoms with Crippen LogP contribution < -0.4 is 9.47 Å². The van der Waals surface area contributed by atoms with Crippen LogP contribution in [0.3, 0.4) is 0 Å². The normalized spacial score (nSPS) is 23.0. The van der Waals surface area contributed by atoms with E-state index in [1.165, 1.54) is 25.9 Å². The molecule has 2 aliphatic heterocycles. The second kappa shape index (κ2) is 8.87. The van der Waals surface area contributed by atoms with Crippen LogP contribution in [0.1, 0.15) is 43.0 Å². The van der Waals surface area contributed by atoms with Crippen LogP contribution in [0, 0.1) is 5.92 Å². The first-order valence-electron chi connectivity index (χ1n) is 9.89. The van der Waals surface area contributed by atoms with Crippen molar-refractivity contribution in [3.05, 3.63) is 23.8 Å². The number of benzene rings is 1. The summed E-state index contributed by atoms with van der Waals surface area (Å²) in [6.07, 6.45) is 4.52. The standard InChI is InChI=1S/C21H32N2O3/c1-4-22-12-9-17(10-13-22)23-11-5-6-16(15-23)21(24)19-8-7-18(25-2)14-20(19)26-3/h7-8,14,16-17H,4-6,9-13,15H2,1-3H3/t16-/m0/s1. The van der Waals surface area contributed by atoms with E-state index in [0.29, 0.717) is 23.1 Å². The SMILES string of the molecule is CCN1CCC(N2CCC[C@H](C(=O)c3ccc(OC)cc3OC)C2)CC1. The smallest absolute Gasteiger partial charge is 0.170 e. The molecule has 0 bridgehead atoms. The Morgan fingerprint density at radius 1 is 1.12 bits per heavy atom. The molecule has 1 aromatic carbocycles. The summed E-state index contributed by atoms with van der Waals surface area (Å²) in [4.78, 5) is 18.2. The van der Waals surface area contributed by atoms with Crippen molar-refractivity contribution in [2.24, 2.45) is 5.92 Å². The lowest BCUT2D eigenvalue weighted by atomic mass is 9.88. The number of hydrogen-bond acceptors (Lipinski definition) is 5. The number of ether oxygens (including phenoxy) is 2. The third kappa shape index (κ3) is 4.21. The number of hydrogen-bond donors (Lipinski definition) is 0. The zero-order chi connectivity index (χ0) is 18.5. The summed E-state index contributed by atoms with van der Waals surface area (Å²) >= 11 is 0. The van der Waals surface area contributed by atoms with Gasteiger partial charge in [0.1, 0.15) is 11.5 Å². The summed E-state index contributed by atoms with van der Waals surface area (Å²) < 4.78 is 10.7. The van der Waals surface area contributed by atoms with Gasteiger partial charge in [-0.3, -0.25) is 9.69 Å². The van der Waals surface area contributed by atoms with E-state index in [2.05, 4.69) is 16.7 Å². The van der Waals surface area contributed by atoms with E-state index >= 15 is 0 Å². The Bertz CT molecular complexity index is 611. The molecule has 0 spiro atoms. The zero-order valence-corrected chi connectivity index (χ0v) is 16.4. The molecule has 3 rings (SSSR count). The number of methoxy groups -OCH3 is 2. The second-order valence-corrected chi connectivity index (χ2v) is 7.43. The minimum atomic E-state index is 0.0650. The maximum atomic E-state index is 13.2. The van der Waals surface area contributed by atoms with Crippen LogP contribution in [0.4, 0.5) is 0 Å². The van der Waals surface area contributed by atoms with E-state index in [0.717, 1.165) is 32.5 Å². The summed E-state index contributed by atoms with van der Waals surface area (Å²) in [5.41, 5.74) is 0.681. The van der Waals surface area contributed by atoms with Crippen molar-refractivity contribution >= 4 is 5.78 Å². The Morgan fingerprint density at radius 2 is 1.88 bits per heavy atom. The first-order valence-corrected chi connectivity index (χ1v) is 9.89. The van der Waals surface area contributed by atoms with Crippen molar-refractivity contribution in [3.8, 4) is 11.5 Å². The lowest BCUT2D eigenvalue weighted by Crippen LogP contribution is -2.49. The van der Waals surface area contributed by atoms with Gasteiger partial charge in [0.05, 0.1) is 19.8 Å². The molecule has 5 nitrogen and oxygen atoms in total. The van der Waals surface area contributed by atoms with E-state index in [1.54, 1.807) is 20.3 Å². The molecule has 2 fully saturated rings. The monoisotopic (exact) mass is 360 g/mol. The zero-order valence-electron chi connectivity index (χ0n) is 16.4. The summed E-state index contributed by atoms with van der Waals surface area (Å²) in [6.45, 7) is 7.75. The van der Waals surface area contributed by atoms with Gasteiger partial charge in [0.15, 0.2) is 5.78 Å². The van der Waals surface area contributed by atoms with E-state index in [9.17, 15) is 4.79 Å². The van der Waals surface area contributed by atoms with E-state index < -0.39 is 0 Å². The van der Waals surface area contributed by atoms with E-state index in [4.69, 9.17) is 9.47 Å². The van der Waals surface area contributed by atoms with E-state index in [-0.39, 0.29) is 11.7 Å². The number of carbonyl (C=O) groups is 1. The molecule has 1 aromatic rings. The summed E-state index contributed by atoms with van der Waals surface area (Å²) in [6, 6.07) is 6.12. The van der Waals surface area contributed by atoms with Gasteiger partial charge in [-0.2, -0.15) is 0 Å². The van der Waals surface area contributed by atoms with Crippen molar-refractivity contribution in [2.75, 3.05) is 46.9 Å². The number of carbonyl (C=O) groups excluding carboxylic acids is 1. The first-order chi connectivity index (χ1) is 12.7. The van der Waals surface area contributed by atoms with Crippen molar-refractivity contribution in [1.82, 2.24) is 9.80 Å². The average Bonchev–Trinajstić information content (AvgIpc) is 2.72. The Morgan fingerprint density at radius 3 is 2.54 bits per heavy atom. The Kier molecular flexibility index (Phi) is 6.54. The number of ketones is 1. The summed E-state index contributed by atoms with van der Waals surface area (Å²) in [7, 11) is 3.24. The summed E-state index contributed by atoms with van der Waals surface area (Å²) in [5.74, 6) is 1.60. The molecule has 0 amide bonds. The topological polar surface area (TPSA) is 42.0 Å². The molecule has 2 saturated heterocycles. The van der Waals surface area contributed by atoms with Gasteiger partial charge in [-0.15, -0.1) is 0 Å². The molecule has 0 aromatic heterocycles. The highest BCUT2D eigenvalue weighted by atomic mass is 16.5. The van der Waals surface area contributed by atoms with Crippen LogP contribution in [0.2, 0.25) is 0 Å². The van der Waals surface area contributed by atoms with E-state index in [1.807, 2.05) is 12.1 Å². The van der Waals surface area contributed by atoms with Gasteiger partial charge in [0.2, 0.25) is 0 Å². The van der Waals surface area contributed by atoms with Crippen LogP contribution in [0.25, 0.3) is 0 Å². The van der Waals surface area contributed by atoms with Crippen LogP contribution in [-0.4, -0.2) is 68.6 Å². The van der Waals surface area contributed by atoms with Crippen LogP contribution in [0.5, 0.6) is 11.5 Å². The number of nitrogens with zero attached hydrogens (tertiary/aromatic N) is 2. The number of piperidine rings is 2. The highest BCUT2D eigenvalue weighted by Gasteiger charge is 2.32. The summed E-state index contributed by atoms with van der Waals surface area (Å²) in [5, 5.41) is 0. The molecule has 2 aliphatic rings. The molecule has 0 saturated carbocycles. The van der Waals surface area contributed by atoms with Gasteiger partial charge in [0.25, 0.3) is 0 Å². The Hall–Kier alpha value is -1.59. The van der Waals surface area contributed by atoms with Crippen LogP contribution >= 0.6 is 0 Å². The predicted octanol–water partition coefficient (Wildman–Crippen LogP) is 3.08. The molecule has 0 N–H and O–H groups in total. The third-order valence-electron chi connectivity index (χ3n) is 6.02. The van der Waals surface area contributed by atoms with Crippen molar-refractivity contribution in [2.45, 2.75) is 38.6 Å². The van der Waals surface area contributed by atoms with Crippen LogP contribution in [-0.2, 0) is 0 Å². The highest BCUT2D eigenvalue weighted by molar-refractivity contribution is 6.00. The average molecular weight is 360 g/mol. The minimum absolute atomic E-state index is 0.0650. The predicted molar refractivity (Wildman–Crippen MR) is 103 cm³/mol. The fraction of sp³-hybridized carbons (Fsp3) is 0.667. The quantitative estimate of drug-likeness (QED) is 0.729. The largest absolute Gasteiger partial charge is 0.497 e. The second-order valence-electron chi connectivity index (χ2n) is 7.43. The lowest BCUT2D eigenvalue weighted by Gasteiger charge is -2.42. The number of likely N-dealkylation sites (tertiary alicyclic amines) is 2. The molecule has 0 aliphatic carbocycles. The first kappa shape index (κ1) is 19.2. The molecule has 0 unspecified atom stereocenters. The van der Waals surface area contributed by atoms with Gasteiger partial charge >= 0.3 is 0 Å². The van der Waals surface area contributed by atoms with Crippen LogP contribution in [0.15, 0.2) is 18.2 Å². The maximum Gasteiger partial charge on any atom is 0.170 e. The molecule has 144 valence electrons. The van der Waals surface area contributed by atoms with Gasteiger partial charge < -0.3 is 14.4 Å². The van der Waals surface area contributed by atoms with Gasteiger partial charge in [-0.05, 0) is 64.0 Å². The molecular formula is C21H32N2O3.